The van der Waals surface area contributed by atoms with Crippen LogP contribution in [0.5, 0.6) is 0 Å². The fourth-order valence-electron chi connectivity index (χ4n) is 8.13. The molecule has 0 fully saturated rings. The molecule has 0 aliphatic carbocycles. The summed E-state index contributed by atoms with van der Waals surface area (Å²) in [5.74, 6) is -1.53. The van der Waals surface area contributed by atoms with Crippen LogP contribution in [0, 0.1) is 0 Å². The number of rotatable bonds is 57. The maximum atomic E-state index is 13.0. The summed E-state index contributed by atoms with van der Waals surface area (Å²) in [7, 11) is -4.78. The summed E-state index contributed by atoms with van der Waals surface area (Å²) >= 11 is 0. The van der Waals surface area contributed by atoms with Crippen molar-refractivity contribution in [2.75, 3.05) is 26.4 Å². The quantitative estimate of drug-likeness (QED) is 0.0197. The molecule has 2 N–H and O–H groups in total. The number of aliphatic hydroxyl groups is 1. The molecule has 0 saturated heterocycles. The Bertz CT molecular complexity index is 1800. The van der Waals surface area contributed by atoms with Gasteiger partial charge in [-0.15, -0.1) is 0 Å². The largest absolute Gasteiger partial charge is 0.472 e. The maximum absolute atomic E-state index is 13.0. The van der Waals surface area contributed by atoms with Gasteiger partial charge in [0.1, 0.15) is 12.7 Å². The summed E-state index contributed by atoms with van der Waals surface area (Å²) in [4.78, 5) is 48.7. The van der Waals surface area contributed by atoms with E-state index in [0.717, 1.165) is 135 Å². The van der Waals surface area contributed by atoms with Gasteiger partial charge in [-0.2, -0.15) is 0 Å². The van der Waals surface area contributed by atoms with Crippen molar-refractivity contribution in [1.29, 1.82) is 0 Å². The van der Waals surface area contributed by atoms with E-state index in [4.69, 9.17) is 23.3 Å². The Morgan fingerprint density at radius 1 is 0.362 bits per heavy atom. The molecular weight excluding hydrogens is 1020 g/mol. The van der Waals surface area contributed by atoms with E-state index in [9.17, 15) is 28.9 Å². The molecule has 0 rings (SSSR count). The van der Waals surface area contributed by atoms with Crippen LogP contribution in [0.15, 0.2) is 122 Å². The second kappa shape index (κ2) is 61.0. The lowest BCUT2D eigenvalue weighted by molar-refractivity contribution is -0.161. The Morgan fingerprint density at radius 3 is 1.01 bits per heavy atom. The third-order valence-corrected chi connectivity index (χ3v) is 13.8. The van der Waals surface area contributed by atoms with Gasteiger partial charge in [0.15, 0.2) is 6.10 Å². The highest BCUT2D eigenvalue weighted by molar-refractivity contribution is 7.47. The van der Waals surface area contributed by atoms with Crippen molar-refractivity contribution < 1.29 is 52.2 Å². The van der Waals surface area contributed by atoms with Crippen molar-refractivity contribution in [3.8, 4) is 0 Å². The van der Waals surface area contributed by atoms with Gasteiger partial charge in [0.25, 0.3) is 0 Å². The van der Waals surface area contributed by atoms with Gasteiger partial charge in [0.05, 0.1) is 19.8 Å². The van der Waals surface area contributed by atoms with E-state index in [1.165, 1.54) is 57.8 Å². The van der Waals surface area contributed by atoms with Crippen LogP contribution in [0.2, 0.25) is 0 Å². The lowest BCUT2D eigenvalue weighted by Gasteiger charge is -2.21. The molecule has 0 amide bonds. The van der Waals surface area contributed by atoms with E-state index >= 15 is 0 Å². The van der Waals surface area contributed by atoms with Crippen LogP contribution in [0.25, 0.3) is 0 Å². The summed E-state index contributed by atoms with van der Waals surface area (Å²) < 4.78 is 39.6. The van der Waals surface area contributed by atoms with Gasteiger partial charge in [-0.3, -0.25) is 23.4 Å². The smallest absolute Gasteiger partial charge is 0.462 e. The van der Waals surface area contributed by atoms with Crippen molar-refractivity contribution in [2.45, 2.75) is 264 Å². The van der Waals surface area contributed by atoms with Gasteiger partial charge >= 0.3 is 25.7 Å². The number of phosphoric acid groups is 1. The van der Waals surface area contributed by atoms with Crippen LogP contribution in [-0.2, 0) is 42.2 Å². The molecular formula is C68H113O11P. The van der Waals surface area contributed by atoms with Gasteiger partial charge in [0, 0.05) is 19.3 Å². The van der Waals surface area contributed by atoms with Crippen LogP contribution in [0.3, 0.4) is 0 Å². The zero-order chi connectivity index (χ0) is 58.3. The lowest BCUT2D eigenvalue weighted by atomic mass is 10.1. The number of esters is 3. The molecule has 11 nitrogen and oxygen atoms in total. The van der Waals surface area contributed by atoms with Crippen molar-refractivity contribution in [3.05, 3.63) is 122 Å². The Labute approximate surface area is 487 Å². The monoisotopic (exact) mass is 1140 g/mol. The normalized spacial score (nSPS) is 14.1. The fourth-order valence-corrected chi connectivity index (χ4v) is 8.92. The van der Waals surface area contributed by atoms with E-state index in [1.807, 2.05) is 0 Å². The van der Waals surface area contributed by atoms with Crippen molar-refractivity contribution in [2.24, 2.45) is 0 Å². The predicted octanol–water partition coefficient (Wildman–Crippen LogP) is 19.1. The first-order chi connectivity index (χ1) is 39.2. The lowest BCUT2D eigenvalue weighted by Crippen LogP contribution is -2.30. The molecule has 0 saturated carbocycles. The Hall–Kier alpha value is -4.12. The molecule has 0 spiro atoms. The van der Waals surface area contributed by atoms with Crippen molar-refractivity contribution in [3.63, 3.8) is 0 Å². The molecule has 3 unspecified atom stereocenters. The molecule has 0 aromatic carbocycles. The van der Waals surface area contributed by atoms with E-state index in [0.29, 0.717) is 19.3 Å². The molecule has 0 aromatic rings. The Kier molecular flexibility index (Phi) is 57.8. The molecule has 0 aliphatic heterocycles. The molecule has 0 aromatic heterocycles. The topological polar surface area (TPSA) is 155 Å². The van der Waals surface area contributed by atoms with Crippen LogP contribution in [-0.4, -0.2) is 66.5 Å². The molecule has 3 atom stereocenters. The Morgan fingerprint density at radius 2 is 0.650 bits per heavy atom. The van der Waals surface area contributed by atoms with Crippen LogP contribution < -0.4 is 0 Å². The summed E-state index contributed by atoms with van der Waals surface area (Å²) in [5, 5.41) is 9.86. The average Bonchev–Trinajstić information content (AvgIpc) is 3.45. The summed E-state index contributed by atoms with van der Waals surface area (Å²) in [6.45, 7) is 4.34. The number of carbonyl (C=O) groups excluding carboxylic acids is 3. The highest BCUT2D eigenvalue weighted by atomic mass is 31.2. The second-order valence-electron chi connectivity index (χ2n) is 20.5. The average molecular weight is 1140 g/mol. The van der Waals surface area contributed by atoms with E-state index in [-0.39, 0.29) is 25.9 Å². The van der Waals surface area contributed by atoms with Crippen LogP contribution in [0.4, 0.5) is 0 Å². The van der Waals surface area contributed by atoms with E-state index in [1.54, 1.807) is 0 Å². The first kappa shape index (κ1) is 75.9. The first-order valence-electron chi connectivity index (χ1n) is 31.4. The zero-order valence-electron chi connectivity index (χ0n) is 50.5. The molecule has 80 heavy (non-hydrogen) atoms. The number of allylic oxidation sites excluding steroid dienone is 20. The highest BCUT2D eigenvalue weighted by Gasteiger charge is 2.28. The third kappa shape index (κ3) is 58.5. The van der Waals surface area contributed by atoms with Gasteiger partial charge in [0.2, 0.25) is 0 Å². The van der Waals surface area contributed by atoms with Gasteiger partial charge in [-0.25, -0.2) is 4.57 Å². The minimum Gasteiger partial charge on any atom is -0.462 e. The molecule has 0 radical (unpaired) electrons. The van der Waals surface area contributed by atoms with Gasteiger partial charge in [-0.1, -0.05) is 226 Å². The fraction of sp³-hybridized carbons (Fsp3) is 0.662. The van der Waals surface area contributed by atoms with Gasteiger partial charge < -0.3 is 24.2 Å². The maximum Gasteiger partial charge on any atom is 0.472 e. The standard InChI is InChI=1S/C68H113O11P/c1-4-7-10-13-16-19-22-25-28-30-32-34-37-40-43-46-49-52-55-58-67(71)78-64(60-69)62-76-80(73,74)77-63-65(61-75-66(70)57-54-51-48-45-42-39-36-27-24-21-18-15-12-9-6-3)79-68(72)59-56-53-50-47-44-41-38-35-33-31-29-26-23-20-17-14-11-8-5-2/h8-9,11-12,16-21,25-29,33,35-36,41,44,64-65,69H,4-7,10,13-15,22-24,30-32,34,37-40,42-43,45-63H2,1-3H3,(H,73,74)/b11-8-,12-9-,19-16-,20-17-,21-18-,28-25-,29-26-,35-33-,36-27-,44-41-. The summed E-state index contributed by atoms with van der Waals surface area (Å²) in [5.41, 5.74) is 0. The van der Waals surface area contributed by atoms with Crippen LogP contribution >= 0.6 is 7.82 Å². The SMILES string of the molecule is CC/C=C\C/C=C\C/C=C\C/C=C\C/C=C\CCCCCC(=O)OC(COC(=O)CCCCCCC/C=C\C/C=C\C/C=C\CC)COP(=O)(O)OCC(CO)OC(=O)CCCCCCCCCCC/C=C\C/C=C\CCCCC. The molecule has 0 bridgehead atoms. The summed E-state index contributed by atoms with van der Waals surface area (Å²) in [6.07, 6.45) is 75.8. The number of phosphoric ester groups is 1. The third-order valence-electron chi connectivity index (χ3n) is 12.8. The van der Waals surface area contributed by atoms with E-state index < -0.39 is 57.8 Å². The van der Waals surface area contributed by atoms with Crippen molar-refractivity contribution >= 4 is 25.7 Å². The molecule has 0 aliphatic rings. The minimum absolute atomic E-state index is 0.118. The number of aliphatic hydroxyl groups excluding tert-OH is 1. The minimum atomic E-state index is -4.78. The number of ether oxygens (including phenoxy) is 3. The number of hydrogen-bond donors (Lipinski definition) is 2. The number of hydrogen-bond acceptors (Lipinski definition) is 10. The van der Waals surface area contributed by atoms with E-state index in [2.05, 4.69) is 142 Å². The van der Waals surface area contributed by atoms with Gasteiger partial charge in [-0.05, 0) is 128 Å². The Balaban J connectivity index is 4.77. The van der Waals surface area contributed by atoms with Crippen molar-refractivity contribution in [1.82, 2.24) is 0 Å². The molecule has 12 heteroatoms. The highest BCUT2D eigenvalue weighted by Crippen LogP contribution is 2.43. The predicted molar refractivity (Wildman–Crippen MR) is 334 cm³/mol. The molecule has 0 heterocycles. The summed E-state index contributed by atoms with van der Waals surface area (Å²) in [6, 6.07) is 0. The van der Waals surface area contributed by atoms with Crippen LogP contribution in [0.1, 0.15) is 252 Å². The second-order valence-corrected chi connectivity index (χ2v) is 21.9. The zero-order valence-corrected chi connectivity index (χ0v) is 51.4. The number of unbranched alkanes of at least 4 members (excludes halogenated alkanes) is 20. The molecule has 456 valence electrons. The number of carbonyl (C=O) groups is 3. The first-order valence-corrected chi connectivity index (χ1v) is 32.9.